The molecule has 2 heterocycles. The highest BCUT2D eigenvalue weighted by Gasteiger charge is 2.05. The van der Waals surface area contributed by atoms with Gasteiger partial charge in [-0.2, -0.15) is 10.2 Å². The molecule has 0 aliphatic heterocycles. The lowest BCUT2D eigenvalue weighted by molar-refractivity contribution is 0.587. The van der Waals surface area contributed by atoms with Crippen LogP contribution in [0, 0.1) is 6.92 Å². The second-order valence-corrected chi connectivity index (χ2v) is 4.98. The van der Waals surface area contributed by atoms with E-state index in [1.165, 1.54) is 11.3 Å². The summed E-state index contributed by atoms with van der Waals surface area (Å²) in [7, 11) is 1.97. The summed E-state index contributed by atoms with van der Waals surface area (Å²) in [5.74, 6) is 0. The van der Waals surface area contributed by atoms with Gasteiger partial charge in [-0.3, -0.25) is 9.36 Å². The van der Waals surface area contributed by atoms with Crippen molar-refractivity contribution < 1.29 is 0 Å². The predicted octanol–water partition coefficient (Wildman–Crippen LogP) is 1.47. The highest BCUT2D eigenvalue weighted by atomic mass is 15.3. The van der Waals surface area contributed by atoms with Crippen LogP contribution in [-0.2, 0) is 20.1 Å². The lowest BCUT2D eigenvalue weighted by Gasteiger charge is -2.05. The molecule has 2 aromatic rings. The molecule has 0 fully saturated rings. The third kappa shape index (κ3) is 3.20. The molecule has 0 aromatic carbocycles. The molecule has 0 aliphatic carbocycles. The Balaban J connectivity index is 2.00. The van der Waals surface area contributed by atoms with E-state index >= 15 is 0 Å². The third-order valence-corrected chi connectivity index (χ3v) is 2.82. The van der Waals surface area contributed by atoms with Gasteiger partial charge >= 0.3 is 0 Å². The number of hydrogen-bond acceptors (Lipinski definition) is 3. The third-order valence-electron chi connectivity index (χ3n) is 2.82. The first-order valence-corrected chi connectivity index (χ1v) is 6.29. The summed E-state index contributed by atoms with van der Waals surface area (Å²) in [5.41, 5.74) is 3.42. The molecule has 98 valence electrons. The smallest absolute Gasteiger partial charge is 0.0828 e. The van der Waals surface area contributed by atoms with E-state index in [-0.39, 0.29) is 0 Å². The molecule has 0 atom stereocenters. The van der Waals surface area contributed by atoms with Crippen molar-refractivity contribution in [2.24, 2.45) is 7.05 Å². The van der Waals surface area contributed by atoms with Gasteiger partial charge in [-0.1, -0.05) is 13.8 Å². The summed E-state index contributed by atoms with van der Waals surface area (Å²) in [6.07, 6.45) is 4.00. The lowest BCUT2D eigenvalue weighted by atomic mass is 10.3. The molecule has 1 N–H and O–H groups in total. The molecule has 5 heteroatoms. The molecule has 0 amide bonds. The zero-order chi connectivity index (χ0) is 13.1. The minimum Gasteiger partial charge on any atom is -0.310 e. The van der Waals surface area contributed by atoms with Gasteiger partial charge in [-0.25, -0.2) is 0 Å². The Morgan fingerprint density at radius 2 is 2.17 bits per heavy atom. The Labute approximate surface area is 108 Å². The first-order chi connectivity index (χ1) is 8.54. The normalized spacial score (nSPS) is 11.4. The fourth-order valence-corrected chi connectivity index (χ4v) is 1.88. The minimum atomic E-state index is 0.494. The van der Waals surface area contributed by atoms with Crippen molar-refractivity contribution in [2.75, 3.05) is 0 Å². The molecular weight excluding hydrogens is 226 g/mol. The first kappa shape index (κ1) is 12.8. The van der Waals surface area contributed by atoms with Crippen LogP contribution in [0.5, 0.6) is 0 Å². The molecule has 0 bridgehead atoms. The molecule has 0 spiro atoms. The zero-order valence-corrected chi connectivity index (χ0v) is 11.5. The molecule has 5 nitrogen and oxygen atoms in total. The largest absolute Gasteiger partial charge is 0.310 e. The first-order valence-electron chi connectivity index (χ1n) is 6.29. The van der Waals surface area contributed by atoms with Crippen LogP contribution in [-0.4, -0.2) is 25.6 Å². The van der Waals surface area contributed by atoms with E-state index in [1.807, 2.05) is 29.5 Å². The van der Waals surface area contributed by atoms with Gasteiger partial charge in [0.25, 0.3) is 0 Å². The highest BCUT2D eigenvalue weighted by Crippen LogP contribution is 2.05. The van der Waals surface area contributed by atoms with E-state index in [0.717, 1.165) is 18.8 Å². The topological polar surface area (TPSA) is 47.7 Å². The Bertz CT molecular complexity index is 509. The van der Waals surface area contributed by atoms with Crippen LogP contribution in [0.2, 0.25) is 0 Å². The van der Waals surface area contributed by atoms with Crippen LogP contribution in [0.4, 0.5) is 0 Å². The maximum Gasteiger partial charge on any atom is 0.0828 e. The van der Waals surface area contributed by atoms with E-state index in [9.17, 15) is 0 Å². The van der Waals surface area contributed by atoms with Gasteiger partial charge in [0.15, 0.2) is 0 Å². The van der Waals surface area contributed by atoms with E-state index in [0.29, 0.717) is 6.04 Å². The van der Waals surface area contributed by atoms with Gasteiger partial charge in [0.05, 0.1) is 24.1 Å². The zero-order valence-electron chi connectivity index (χ0n) is 11.5. The fourth-order valence-electron chi connectivity index (χ4n) is 1.88. The second kappa shape index (κ2) is 5.35. The average molecular weight is 247 g/mol. The quantitative estimate of drug-likeness (QED) is 0.870. The van der Waals surface area contributed by atoms with Crippen LogP contribution in [0.15, 0.2) is 18.5 Å². The summed E-state index contributed by atoms with van der Waals surface area (Å²) in [5, 5.41) is 12.1. The monoisotopic (exact) mass is 247 g/mol. The van der Waals surface area contributed by atoms with Crippen LogP contribution in [0.3, 0.4) is 0 Å². The minimum absolute atomic E-state index is 0.494. The number of nitrogens with one attached hydrogen (secondary N) is 1. The SMILES string of the molecule is Cc1cc(Cn2cc(CNC(C)C)cn2)n(C)n1. The molecular formula is C13H21N5. The summed E-state index contributed by atoms with van der Waals surface area (Å²) < 4.78 is 3.86. The highest BCUT2D eigenvalue weighted by molar-refractivity contribution is 5.10. The van der Waals surface area contributed by atoms with Crippen LogP contribution in [0.1, 0.15) is 30.8 Å². The number of aryl methyl sites for hydroxylation is 2. The molecule has 18 heavy (non-hydrogen) atoms. The van der Waals surface area contributed by atoms with E-state index in [4.69, 9.17) is 0 Å². The predicted molar refractivity (Wildman–Crippen MR) is 71.2 cm³/mol. The van der Waals surface area contributed by atoms with Gasteiger partial charge in [0.2, 0.25) is 0 Å². The van der Waals surface area contributed by atoms with Crippen molar-refractivity contribution in [1.29, 1.82) is 0 Å². The van der Waals surface area contributed by atoms with Crippen LogP contribution >= 0.6 is 0 Å². The van der Waals surface area contributed by atoms with Crippen molar-refractivity contribution in [3.63, 3.8) is 0 Å². The lowest BCUT2D eigenvalue weighted by Crippen LogP contribution is -2.21. The number of rotatable bonds is 5. The van der Waals surface area contributed by atoms with Crippen molar-refractivity contribution in [3.05, 3.63) is 35.4 Å². The molecule has 2 aromatic heterocycles. The van der Waals surface area contributed by atoms with Gasteiger partial charge in [0.1, 0.15) is 0 Å². The Morgan fingerprint density at radius 3 is 2.78 bits per heavy atom. The molecule has 0 aliphatic rings. The van der Waals surface area contributed by atoms with Crippen molar-refractivity contribution in [3.8, 4) is 0 Å². The van der Waals surface area contributed by atoms with E-state index < -0.39 is 0 Å². The molecule has 0 radical (unpaired) electrons. The maximum atomic E-state index is 4.38. The summed E-state index contributed by atoms with van der Waals surface area (Å²) in [6, 6.07) is 2.58. The van der Waals surface area contributed by atoms with Crippen LogP contribution < -0.4 is 5.32 Å². The Hall–Kier alpha value is -1.62. The number of aromatic nitrogens is 4. The fraction of sp³-hybridized carbons (Fsp3) is 0.538. The van der Waals surface area contributed by atoms with Gasteiger partial charge in [-0.05, 0) is 13.0 Å². The summed E-state index contributed by atoms with van der Waals surface area (Å²) >= 11 is 0. The Morgan fingerprint density at radius 1 is 1.39 bits per heavy atom. The molecule has 0 saturated carbocycles. The van der Waals surface area contributed by atoms with Crippen molar-refractivity contribution in [1.82, 2.24) is 24.9 Å². The van der Waals surface area contributed by atoms with E-state index in [2.05, 4.69) is 41.6 Å². The maximum absolute atomic E-state index is 4.38. The molecule has 0 saturated heterocycles. The number of hydrogen-bond donors (Lipinski definition) is 1. The van der Waals surface area contributed by atoms with Gasteiger partial charge in [-0.15, -0.1) is 0 Å². The second-order valence-electron chi connectivity index (χ2n) is 4.98. The van der Waals surface area contributed by atoms with Gasteiger partial charge < -0.3 is 5.32 Å². The standard InChI is InChI=1S/C13H21N5/c1-10(2)14-6-12-7-15-18(8-12)9-13-5-11(3)16-17(13)4/h5,7-8,10,14H,6,9H2,1-4H3. The molecule has 2 rings (SSSR count). The number of nitrogens with zero attached hydrogens (tertiary/aromatic N) is 4. The Kier molecular flexibility index (Phi) is 3.81. The summed E-state index contributed by atoms with van der Waals surface area (Å²) in [6.45, 7) is 7.91. The average Bonchev–Trinajstić information content (AvgIpc) is 2.84. The molecule has 0 unspecified atom stereocenters. The summed E-state index contributed by atoms with van der Waals surface area (Å²) in [4.78, 5) is 0. The van der Waals surface area contributed by atoms with Crippen molar-refractivity contribution in [2.45, 2.75) is 39.9 Å². The van der Waals surface area contributed by atoms with Crippen molar-refractivity contribution >= 4 is 0 Å². The van der Waals surface area contributed by atoms with E-state index in [1.54, 1.807) is 0 Å². The van der Waals surface area contributed by atoms with Gasteiger partial charge in [0, 0.05) is 31.4 Å². The van der Waals surface area contributed by atoms with Crippen LogP contribution in [0.25, 0.3) is 0 Å².